The van der Waals surface area contributed by atoms with Gasteiger partial charge in [0.1, 0.15) is 5.75 Å². The minimum atomic E-state index is -2.99. The number of nitrogens with zero attached hydrogens (tertiary/aromatic N) is 3. The van der Waals surface area contributed by atoms with Crippen LogP contribution < -0.4 is 20.9 Å². The lowest BCUT2D eigenvalue weighted by atomic mass is 9.98. The summed E-state index contributed by atoms with van der Waals surface area (Å²) in [7, 11) is 1.55. The van der Waals surface area contributed by atoms with Crippen molar-refractivity contribution in [1.82, 2.24) is 19.8 Å². The van der Waals surface area contributed by atoms with Gasteiger partial charge in [0.25, 0.3) is 17.4 Å². The summed E-state index contributed by atoms with van der Waals surface area (Å²) >= 11 is 3.18. The second-order valence-electron chi connectivity index (χ2n) is 9.44. The highest BCUT2D eigenvalue weighted by Gasteiger charge is 2.32. The van der Waals surface area contributed by atoms with E-state index in [1.54, 1.807) is 36.2 Å². The van der Waals surface area contributed by atoms with Gasteiger partial charge < -0.3 is 20.3 Å². The molecule has 0 radical (unpaired) electrons. The lowest BCUT2D eigenvalue weighted by molar-refractivity contribution is -0.0503. The molecule has 0 saturated carbocycles. The molecule has 206 valence electrons. The van der Waals surface area contributed by atoms with E-state index in [1.807, 2.05) is 20.8 Å². The maximum Gasteiger partial charge on any atom is 0.387 e. The molecule has 12 heteroatoms. The lowest BCUT2D eigenvalue weighted by Gasteiger charge is -2.35. The molecule has 3 aromatic rings. The van der Waals surface area contributed by atoms with E-state index in [4.69, 9.17) is 4.98 Å². The number of nitrogens with one attached hydrogen (secondary N) is 2. The van der Waals surface area contributed by atoms with Crippen LogP contribution in [0.5, 0.6) is 5.75 Å². The first-order chi connectivity index (χ1) is 18.5. The molecule has 1 aliphatic heterocycles. The van der Waals surface area contributed by atoms with Crippen molar-refractivity contribution >= 4 is 33.7 Å². The van der Waals surface area contributed by atoms with Crippen molar-refractivity contribution in [2.24, 2.45) is 0 Å². The van der Waals surface area contributed by atoms with Gasteiger partial charge in [0.2, 0.25) is 5.95 Å². The van der Waals surface area contributed by atoms with Crippen molar-refractivity contribution in [2.75, 3.05) is 12.4 Å². The number of rotatable bonds is 7. The topological polar surface area (TPSA) is 106 Å². The van der Waals surface area contributed by atoms with Gasteiger partial charge in [0.05, 0.1) is 22.4 Å². The zero-order valence-electron chi connectivity index (χ0n) is 21.8. The summed E-state index contributed by atoms with van der Waals surface area (Å²) in [5, 5.41) is 5.79. The van der Waals surface area contributed by atoms with Crippen LogP contribution >= 0.6 is 15.9 Å². The van der Waals surface area contributed by atoms with Gasteiger partial charge in [-0.05, 0) is 85.6 Å². The molecule has 1 aliphatic rings. The minimum absolute atomic E-state index is 0.0436. The van der Waals surface area contributed by atoms with Crippen LogP contribution in [-0.4, -0.2) is 52.0 Å². The van der Waals surface area contributed by atoms with E-state index in [0.29, 0.717) is 28.5 Å². The molecule has 0 fully saturated rings. The van der Waals surface area contributed by atoms with Crippen molar-refractivity contribution in [3.8, 4) is 11.4 Å². The Hall–Kier alpha value is -3.80. The molecule has 0 bridgehead atoms. The molecule has 9 nitrogen and oxygen atoms in total. The van der Waals surface area contributed by atoms with E-state index in [9.17, 15) is 23.2 Å². The first kappa shape index (κ1) is 28.2. The number of halogens is 3. The third kappa shape index (κ3) is 5.95. The van der Waals surface area contributed by atoms with Gasteiger partial charge in [0.15, 0.2) is 0 Å². The fourth-order valence-corrected chi connectivity index (χ4v) is 4.89. The number of ether oxygens (including phenoxy) is 1. The summed E-state index contributed by atoms with van der Waals surface area (Å²) in [5.41, 5.74) is 2.01. The third-order valence-corrected chi connectivity index (χ3v) is 6.92. The van der Waals surface area contributed by atoms with Crippen molar-refractivity contribution in [2.45, 2.75) is 52.4 Å². The molecule has 0 unspecified atom stereocenters. The first-order valence-electron chi connectivity index (χ1n) is 12.3. The standard InChI is InChI=1S/C27H28BrF2N5O4/c1-14(2)32-27-33-21-13-34(24(37)17-7-10-22(20(28)12-17)39-26(29)30)15(3)11-19(21)25(38)35(27)18-8-5-16(6-9-18)23(36)31-4/h5-10,12,14-15,26H,11,13H2,1-4H3,(H,31,36)(H,32,33)/t15-/m1/s1. The van der Waals surface area contributed by atoms with Gasteiger partial charge in [-0.2, -0.15) is 8.78 Å². The second kappa shape index (κ2) is 11.5. The van der Waals surface area contributed by atoms with Gasteiger partial charge in [-0.3, -0.25) is 14.4 Å². The molecule has 1 atom stereocenters. The highest BCUT2D eigenvalue weighted by molar-refractivity contribution is 9.10. The Morgan fingerprint density at radius 3 is 2.38 bits per heavy atom. The molecule has 1 aromatic heterocycles. The number of benzene rings is 2. The SMILES string of the molecule is CNC(=O)c1ccc(-n2c(NC(C)C)nc3c(c2=O)C[C@@H](C)N(C(=O)c2ccc(OC(F)F)c(Br)c2)C3)cc1. The van der Waals surface area contributed by atoms with E-state index in [0.717, 1.165) is 0 Å². The molecule has 2 amide bonds. The minimum Gasteiger partial charge on any atom is -0.434 e. The predicted molar refractivity (Wildman–Crippen MR) is 146 cm³/mol. The summed E-state index contributed by atoms with van der Waals surface area (Å²) in [6.07, 6.45) is 0.277. The highest BCUT2D eigenvalue weighted by Crippen LogP contribution is 2.30. The number of fused-ring (bicyclic) bond motifs is 1. The maximum atomic E-state index is 13.8. The Morgan fingerprint density at radius 1 is 1.13 bits per heavy atom. The zero-order valence-corrected chi connectivity index (χ0v) is 23.4. The largest absolute Gasteiger partial charge is 0.434 e. The third-order valence-electron chi connectivity index (χ3n) is 6.30. The smallest absolute Gasteiger partial charge is 0.387 e. The molecular weight excluding hydrogens is 576 g/mol. The second-order valence-corrected chi connectivity index (χ2v) is 10.3. The molecule has 0 aliphatic carbocycles. The molecular formula is C27H28BrF2N5O4. The van der Waals surface area contributed by atoms with Crippen LogP contribution in [0.1, 0.15) is 52.7 Å². The monoisotopic (exact) mass is 603 g/mol. The highest BCUT2D eigenvalue weighted by atomic mass is 79.9. The first-order valence-corrected chi connectivity index (χ1v) is 13.1. The van der Waals surface area contributed by atoms with Crippen molar-refractivity contribution < 1.29 is 23.1 Å². The van der Waals surface area contributed by atoms with Gasteiger partial charge in [0, 0.05) is 35.8 Å². The van der Waals surface area contributed by atoms with Gasteiger partial charge in [-0.1, -0.05) is 0 Å². The molecule has 39 heavy (non-hydrogen) atoms. The van der Waals surface area contributed by atoms with Crippen molar-refractivity contribution in [1.29, 1.82) is 0 Å². The summed E-state index contributed by atoms with van der Waals surface area (Å²) in [4.78, 5) is 45.5. The van der Waals surface area contributed by atoms with E-state index >= 15 is 0 Å². The normalized spacial score (nSPS) is 14.8. The average molecular weight is 604 g/mol. The quantitative estimate of drug-likeness (QED) is 0.416. The molecule has 2 heterocycles. The maximum absolute atomic E-state index is 13.8. The van der Waals surface area contributed by atoms with Crippen LogP contribution in [0.25, 0.3) is 5.69 Å². The fraction of sp³-hybridized carbons (Fsp3) is 0.333. The zero-order chi connectivity index (χ0) is 28.4. The van der Waals surface area contributed by atoms with Crippen LogP contribution in [0.15, 0.2) is 51.7 Å². The predicted octanol–water partition coefficient (Wildman–Crippen LogP) is 4.36. The summed E-state index contributed by atoms with van der Waals surface area (Å²) in [5.74, 6) is -0.320. The molecule has 2 N–H and O–H groups in total. The Bertz CT molecular complexity index is 1460. The fourth-order valence-electron chi connectivity index (χ4n) is 4.42. The number of aromatic nitrogens is 2. The van der Waals surface area contributed by atoms with Crippen LogP contribution in [0.2, 0.25) is 0 Å². The number of hydrogen-bond acceptors (Lipinski definition) is 6. The van der Waals surface area contributed by atoms with E-state index in [1.165, 1.54) is 22.8 Å². The molecule has 4 rings (SSSR count). The van der Waals surface area contributed by atoms with Crippen molar-refractivity contribution in [3.63, 3.8) is 0 Å². The van der Waals surface area contributed by atoms with Crippen LogP contribution in [0.3, 0.4) is 0 Å². The van der Waals surface area contributed by atoms with E-state index in [2.05, 4.69) is 31.3 Å². The number of anilines is 1. The number of hydrogen-bond donors (Lipinski definition) is 2. The number of amides is 2. The van der Waals surface area contributed by atoms with Gasteiger partial charge in [-0.15, -0.1) is 0 Å². The number of carbonyl (C=O) groups excluding carboxylic acids is 2. The number of alkyl halides is 2. The summed E-state index contributed by atoms with van der Waals surface area (Å²) < 4.78 is 31.4. The van der Waals surface area contributed by atoms with Crippen LogP contribution in [-0.2, 0) is 13.0 Å². The van der Waals surface area contributed by atoms with Gasteiger partial charge in [-0.25, -0.2) is 9.55 Å². The molecule has 0 saturated heterocycles. The van der Waals surface area contributed by atoms with E-state index in [-0.39, 0.29) is 58.2 Å². The molecule has 0 spiro atoms. The summed E-state index contributed by atoms with van der Waals surface area (Å²) in [6.45, 7) is 2.79. The van der Waals surface area contributed by atoms with Gasteiger partial charge >= 0.3 is 6.61 Å². The van der Waals surface area contributed by atoms with Crippen LogP contribution in [0.4, 0.5) is 14.7 Å². The van der Waals surface area contributed by atoms with Crippen molar-refractivity contribution in [3.05, 3.63) is 79.7 Å². The van der Waals surface area contributed by atoms with E-state index < -0.39 is 6.61 Å². The lowest BCUT2D eigenvalue weighted by Crippen LogP contribution is -2.46. The Balaban J connectivity index is 1.70. The average Bonchev–Trinajstić information content (AvgIpc) is 2.89. The Labute approximate surface area is 232 Å². The van der Waals surface area contributed by atoms with Crippen LogP contribution in [0, 0.1) is 0 Å². The Kier molecular flexibility index (Phi) is 8.34. The Morgan fingerprint density at radius 2 is 1.79 bits per heavy atom. The summed E-state index contributed by atoms with van der Waals surface area (Å²) in [6, 6.07) is 10.4. The number of carbonyl (C=O) groups is 2. The molecule has 2 aromatic carbocycles.